The Hall–Kier alpha value is -2.18. The minimum Gasteiger partial charge on any atom is -0.507 e. The van der Waals surface area contributed by atoms with Crippen LogP contribution < -0.4 is 5.56 Å². The second-order valence-corrected chi connectivity index (χ2v) is 7.25. The van der Waals surface area contributed by atoms with Crippen LogP contribution in [-0.2, 0) is 12.8 Å². The maximum absolute atomic E-state index is 12.8. The van der Waals surface area contributed by atoms with Gasteiger partial charge in [0.1, 0.15) is 16.9 Å². The van der Waals surface area contributed by atoms with E-state index in [2.05, 4.69) is 10.1 Å². The predicted molar refractivity (Wildman–Crippen MR) is 96.6 cm³/mol. The summed E-state index contributed by atoms with van der Waals surface area (Å²) in [5, 5.41) is 15.2. The van der Waals surface area contributed by atoms with Crippen molar-refractivity contribution in [3.8, 4) is 5.75 Å². The summed E-state index contributed by atoms with van der Waals surface area (Å²) in [4.78, 5) is 19.2. The summed E-state index contributed by atoms with van der Waals surface area (Å²) in [6.45, 7) is 0. The molecule has 7 heteroatoms. The Balaban J connectivity index is 1.80. The highest BCUT2D eigenvalue weighted by atomic mass is 35.5. The average molecular weight is 360 g/mol. The molecule has 1 aliphatic carbocycles. The van der Waals surface area contributed by atoms with Crippen LogP contribution in [0.4, 0.5) is 0 Å². The van der Waals surface area contributed by atoms with Gasteiger partial charge in [0.25, 0.3) is 5.56 Å². The maximum Gasteiger partial charge on any atom is 0.282 e. The van der Waals surface area contributed by atoms with Crippen molar-refractivity contribution < 1.29 is 5.11 Å². The van der Waals surface area contributed by atoms with E-state index in [9.17, 15) is 9.90 Å². The Morgan fingerprint density at radius 3 is 3.04 bits per heavy atom. The Morgan fingerprint density at radius 2 is 2.17 bits per heavy atom. The summed E-state index contributed by atoms with van der Waals surface area (Å²) < 4.78 is 1.21. The topological polar surface area (TPSA) is 67.5 Å². The van der Waals surface area contributed by atoms with Crippen LogP contribution in [0, 0.1) is 0 Å². The van der Waals surface area contributed by atoms with Crippen LogP contribution in [0.5, 0.6) is 5.75 Å². The fourth-order valence-corrected chi connectivity index (χ4v) is 4.37. The number of thiophene rings is 1. The second kappa shape index (κ2) is 6.03. The van der Waals surface area contributed by atoms with Crippen molar-refractivity contribution in [1.82, 2.24) is 9.66 Å². The van der Waals surface area contributed by atoms with Gasteiger partial charge in [-0.2, -0.15) is 9.78 Å². The highest BCUT2D eigenvalue weighted by Gasteiger charge is 2.19. The van der Waals surface area contributed by atoms with Crippen molar-refractivity contribution >= 4 is 39.4 Å². The molecule has 5 nitrogen and oxygen atoms in total. The molecule has 0 radical (unpaired) electrons. The van der Waals surface area contributed by atoms with Gasteiger partial charge in [0, 0.05) is 15.5 Å². The van der Waals surface area contributed by atoms with Crippen LogP contribution in [0.15, 0.2) is 34.4 Å². The van der Waals surface area contributed by atoms with Crippen LogP contribution in [0.3, 0.4) is 0 Å². The quantitative estimate of drug-likeness (QED) is 0.711. The molecular formula is C17H14ClN3O2S. The van der Waals surface area contributed by atoms with Crippen molar-refractivity contribution in [2.75, 3.05) is 0 Å². The number of hydrogen-bond acceptors (Lipinski definition) is 5. The molecule has 1 aromatic carbocycles. The number of aromatic nitrogens is 2. The molecule has 122 valence electrons. The zero-order chi connectivity index (χ0) is 16.7. The third kappa shape index (κ3) is 2.61. The molecule has 0 fully saturated rings. The molecule has 3 aromatic rings. The van der Waals surface area contributed by atoms with Gasteiger partial charge in [0.15, 0.2) is 0 Å². The largest absolute Gasteiger partial charge is 0.507 e. The summed E-state index contributed by atoms with van der Waals surface area (Å²) in [5.74, 6) is 0.0538. The molecule has 0 atom stereocenters. The van der Waals surface area contributed by atoms with Crippen LogP contribution in [0.25, 0.3) is 10.2 Å². The lowest BCUT2D eigenvalue weighted by molar-refractivity contribution is 0.474. The summed E-state index contributed by atoms with van der Waals surface area (Å²) in [7, 11) is 0. The number of nitrogens with zero attached hydrogens (tertiary/aromatic N) is 3. The zero-order valence-corrected chi connectivity index (χ0v) is 14.3. The van der Waals surface area contributed by atoms with E-state index in [1.165, 1.54) is 34.6 Å². The second-order valence-electron chi connectivity index (χ2n) is 5.73. The third-order valence-electron chi connectivity index (χ3n) is 4.17. The van der Waals surface area contributed by atoms with Gasteiger partial charge >= 0.3 is 0 Å². The fourth-order valence-electron chi connectivity index (χ4n) is 2.97. The summed E-state index contributed by atoms with van der Waals surface area (Å²) in [5.41, 5.74) is 1.41. The molecule has 2 heterocycles. The molecule has 1 aliphatic rings. The standard InChI is InChI=1S/C17H14ClN3O2S/c18-11-5-6-13(22)10(7-11)8-20-21-9-19-16-15(17(21)23)12-3-1-2-4-14(12)24-16/h5-9,22H,1-4H2/b20-8-. The molecule has 0 aliphatic heterocycles. The van der Waals surface area contributed by atoms with Crippen LogP contribution in [0.1, 0.15) is 28.8 Å². The fraction of sp³-hybridized carbons (Fsp3) is 0.235. The lowest BCUT2D eigenvalue weighted by Gasteiger charge is -2.09. The monoisotopic (exact) mass is 359 g/mol. The molecule has 0 unspecified atom stereocenters. The number of phenols is 1. The number of hydrogen-bond donors (Lipinski definition) is 1. The van der Waals surface area contributed by atoms with Gasteiger partial charge in [-0.15, -0.1) is 11.3 Å². The summed E-state index contributed by atoms with van der Waals surface area (Å²) in [6.07, 6.45) is 7.05. The SMILES string of the molecule is O=c1c2c3c(sc2ncn1/N=C\c1cc(Cl)ccc1O)CCCC3. The number of benzene rings is 1. The van der Waals surface area contributed by atoms with Gasteiger partial charge in [0.2, 0.25) is 0 Å². The lowest BCUT2D eigenvalue weighted by Crippen LogP contribution is -2.18. The molecule has 2 aromatic heterocycles. The Bertz CT molecular complexity index is 1020. The van der Waals surface area contributed by atoms with Crippen molar-refractivity contribution in [2.45, 2.75) is 25.7 Å². The molecule has 4 rings (SSSR count). The molecule has 0 bridgehead atoms. The van der Waals surface area contributed by atoms with Gasteiger partial charge in [-0.3, -0.25) is 4.79 Å². The van der Waals surface area contributed by atoms with E-state index in [0.717, 1.165) is 29.7 Å². The Labute approximate surface area is 146 Å². The predicted octanol–water partition coefficient (Wildman–Crippen LogP) is 3.58. The van der Waals surface area contributed by atoms with Gasteiger partial charge in [-0.1, -0.05) is 11.6 Å². The van der Waals surface area contributed by atoms with Crippen LogP contribution in [0.2, 0.25) is 5.02 Å². The third-order valence-corrected chi connectivity index (χ3v) is 5.60. The first-order valence-corrected chi connectivity index (χ1v) is 8.88. The first-order chi connectivity index (χ1) is 11.6. The molecule has 24 heavy (non-hydrogen) atoms. The number of halogens is 1. The van der Waals surface area contributed by atoms with Crippen LogP contribution >= 0.6 is 22.9 Å². The highest BCUT2D eigenvalue weighted by Crippen LogP contribution is 2.33. The van der Waals surface area contributed by atoms with E-state index in [1.807, 2.05) is 0 Å². The van der Waals surface area contributed by atoms with Gasteiger partial charge in [-0.25, -0.2) is 4.98 Å². The molecule has 0 amide bonds. The Kier molecular flexibility index (Phi) is 3.86. The van der Waals surface area contributed by atoms with Crippen molar-refractivity contribution in [3.63, 3.8) is 0 Å². The summed E-state index contributed by atoms with van der Waals surface area (Å²) in [6, 6.07) is 4.67. The normalized spacial score (nSPS) is 14.4. The number of aryl methyl sites for hydroxylation is 2. The Morgan fingerprint density at radius 1 is 1.33 bits per heavy atom. The van der Waals surface area contributed by atoms with E-state index < -0.39 is 0 Å². The number of aromatic hydroxyl groups is 1. The first kappa shape index (κ1) is 15.4. The van der Waals surface area contributed by atoms with E-state index in [0.29, 0.717) is 16.0 Å². The number of phenolic OH excluding ortho intramolecular Hbond substituents is 1. The molecule has 0 saturated heterocycles. The molecular weight excluding hydrogens is 346 g/mol. The number of fused-ring (bicyclic) bond motifs is 3. The van der Waals surface area contributed by atoms with E-state index in [4.69, 9.17) is 11.6 Å². The average Bonchev–Trinajstić information content (AvgIpc) is 2.96. The van der Waals surface area contributed by atoms with Gasteiger partial charge < -0.3 is 5.11 Å². The smallest absolute Gasteiger partial charge is 0.282 e. The van der Waals surface area contributed by atoms with Gasteiger partial charge in [-0.05, 0) is 49.4 Å². The maximum atomic E-state index is 12.8. The lowest BCUT2D eigenvalue weighted by atomic mass is 9.97. The molecule has 1 N–H and O–H groups in total. The summed E-state index contributed by atoms with van der Waals surface area (Å²) >= 11 is 7.53. The molecule has 0 spiro atoms. The van der Waals surface area contributed by atoms with E-state index in [-0.39, 0.29) is 11.3 Å². The van der Waals surface area contributed by atoms with Crippen molar-refractivity contribution in [2.24, 2.45) is 5.10 Å². The molecule has 0 saturated carbocycles. The minimum absolute atomic E-state index is 0.0538. The first-order valence-electron chi connectivity index (χ1n) is 7.68. The highest BCUT2D eigenvalue weighted by molar-refractivity contribution is 7.18. The number of rotatable bonds is 2. The van der Waals surface area contributed by atoms with E-state index >= 15 is 0 Å². The zero-order valence-electron chi connectivity index (χ0n) is 12.7. The van der Waals surface area contributed by atoms with Crippen LogP contribution in [-0.4, -0.2) is 21.0 Å². The van der Waals surface area contributed by atoms with Gasteiger partial charge in [0.05, 0.1) is 11.6 Å². The minimum atomic E-state index is -0.169. The van der Waals surface area contributed by atoms with Crippen molar-refractivity contribution in [3.05, 3.63) is 55.9 Å². The van der Waals surface area contributed by atoms with E-state index in [1.54, 1.807) is 23.5 Å². The van der Waals surface area contributed by atoms with Crippen molar-refractivity contribution in [1.29, 1.82) is 0 Å².